The van der Waals surface area contributed by atoms with Crippen LogP contribution >= 0.6 is 0 Å². The van der Waals surface area contributed by atoms with Crippen LogP contribution in [0.4, 0.5) is 0 Å². The van der Waals surface area contributed by atoms with Gasteiger partial charge in [0.25, 0.3) is 5.91 Å². The van der Waals surface area contributed by atoms with Gasteiger partial charge in [-0.15, -0.1) is 0 Å². The topological polar surface area (TPSA) is 55.6 Å². The van der Waals surface area contributed by atoms with Gasteiger partial charge in [0.2, 0.25) is 0 Å². The van der Waals surface area contributed by atoms with E-state index in [1.807, 2.05) is 23.1 Å². The maximum absolute atomic E-state index is 12.6. The number of rotatable bonds is 3. The van der Waals surface area contributed by atoms with Crippen LogP contribution < -0.4 is 5.73 Å². The molecule has 4 heteroatoms. The van der Waals surface area contributed by atoms with E-state index in [1.165, 1.54) is 12.0 Å². The number of piperidine rings is 1. The largest absolute Gasteiger partial charge is 0.372 e. The first kappa shape index (κ1) is 13.6. The molecule has 2 aliphatic heterocycles. The van der Waals surface area contributed by atoms with E-state index in [2.05, 4.69) is 0 Å². The molecule has 108 valence electrons. The Morgan fingerprint density at radius 2 is 2.20 bits per heavy atom. The molecule has 1 fully saturated rings. The quantitative estimate of drug-likeness (QED) is 0.916. The van der Waals surface area contributed by atoms with Gasteiger partial charge in [0.15, 0.2) is 0 Å². The van der Waals surface area contributed by atoms with Crippen LogP contribution in [0.3, 0.4) is 0 Å². The molecule has 1 amide bonds. The summed E-state index contributed by atoms with van der Waals surface area (Å²) in [6, 6.07) is 5.95. The molecule has 0 radical (unpaired) electrons. The Balaban J connectivity index is 1.72. The van der Waals surface area contributed by atoms with E-state index in [0.29, 0.717) is 25.7 Å². The minimum atomic E-state index is 0.154. The second kappa shape index (κ2) is 5.94. The van der Waals surface area contributed by atoms with Crippen molar-refractivity contribution >= 4 is 5.91 Å². The lowest BCUT2D eigenvalue weighted by molar-refractivity contribution is 0.0669. The molecule has 4 nitrogen and oxygen atoms in total. The fraction of sp³-hybridized carbons (Fsp3) is 0.562. The van der Waals surface area contributed by atoms with Crippen LogP contribution in [0.1, 0.15) is 40.7 Å². The van der Waals surface area contributed by atoms with Crippen molar-refractivity contribution in [3.63, 3.8) is 0 Å². The van der Waals surface area contributed by atoms with Gasteiger partial charge in [-0.05, 0) is 55.0 Å². The zero-order chi connectivity index (χ0) is 13.9. The van der Waals surface area contributed by atoms with E-state index in [-0.39, 0.29) is 5.91 Å². The molecule has 1 saturated heterocycles. The highest BCUT2D eigenvalue weighted by atomic mass is 16.5. The van der Waals surface area contributed by atoms with Gasteiger partial charge < -0.3 is 15.4 Å². The molecule has 0 saturated carbocycles. The maximum atomic E-state index is 12.6. The van der Waals surface area contributed by atoms with Crippen LogP contribution in [0.5, 0.6) is 0 Å². The van der Waals surface area contributed by atoms with Crippen molar-refractivity contribution in [1.82, 2.24) is 4.90 Å². The van der Waals surface area contributed by atoms with Gasteiger partial charge in [-0.3, -0.25) is 4.79 Å². The Morgan fingerprint density at radius 3 is 3.05 bits per heavy atom. The first-order chi connectivity index (χ1) is 9.78. The molecule has 1 aromatic rings. The predicted molar refractivity (Wildman–Crippen MR) is 77.2 cm³/mol. The lowest BCUT2D eigenvalue weighted by Crippen LogP contribution is -2.40. The number of ether oxygens (including phenoxy) is 1. The summed E-state index contributed by atoms with van der Waals surface area (Å²) in [7, 11) is 0. The Hall–Kier alpha value is -1.39. The average Bonchev–Trinajstić information content (AvgIpc) is 2.94. The van der Waals surface area contributed by atoms with Crippen molar-refractivity contribution in [2.24, 2.45) is 11.7 Å². The summed E-state index contributed by atoms with van der Waals surface area (Å²) in [6.07, 6.45) is 3.30. The summed E-state index contributed by atoms with van der Waals surface area (Å²) < 4.78 is 5.41. The average molecular weight is 274 g/mol. The number of carbonyl (C=O) groups is 1. The molecule has 1 aromatic carbocycles. The maximum Gasteiger partial charge on any atom is 0.253 e. The number of carbonyl (C=O) groups excluding carboxylic acids is 1. The van der Waals surface area contributed by atoms with Crippen molar-refractivity contribution in [2.45, 2.75) is 32.5 Å². The molecule has 2 N–H and O–H groups in total. The number of amides is 1. The van der Waals surface area contributed by atoms with Crippen LogP contribution in [0.2, 0.25) is 0 Å². The van der Waals surface area contributed by atoms with Crippen molar-refractivity contribution in [3.05, 3.63) is 34.9 Å². The Labute approximate surface area is 119 Å². The van der Waals surface area contributed by atoms with Crippen LogP contribution in [0.15, 0.2) is 18.2 Å². The number of nitrogens with two attached hydrogens (primary N) is 1. The normalized spacial score (nSPS) is 21.9. The zero-order valence-electron chi connectivity index (χ0n) is 11.8. The summed E-state index contributed by atoms with van der Waals surface area (Å²) >= 11 is 0. The predicted octanol–water partition coefficient (Wildman–Crippen LogP) is 1.92. The van der Waals surface area contributed by atoms with Crippen molar-refractivity contribution < 1.29 is 9.53 Å². The summed E-state index contributed by atoms with van der Waals surface area (Å²) in [5.41, 5.74) is 8.80. The number of benzene rings is 1. The van der Waals surface area contributed by atoms with Crippen LogP contribution in [0, 0.1) is 5.92 Å². The monoisotopic (exact) mass is 274 g/mol. The summed E-state index contributed by atoms with van der Waals surface area (Å²) in [5, 5.41) is 0. The minimum absolute atomic E-state index is 0.154. The van der Waals surface area contributed by atoms with Gasteiger partial charge in [-0.1, -0.05) is 6.07 Å². The Kier molecular flexibility index (Phi) is 4.03. The molecule has 2 aliphatic rings. The van der Waals surface area contributed by atoms with E-state index in [9.17, 15) is 4.79 Å². The van der Waals surface area contributed by atoms with Crippen molar-refractivity contribution in [3.8, 4) is 0 Å². The number of hydrogen-bond donors (Lipinski definition) is 1. The van der Waals surface area contributed by atoms with E-state index in [0.717, 1.165) is 37.1 Å². The molecule has 0 aromatic heterocycles. The van der Waals surface area contributed by atoms with Gasteiger partial charge in [0.05, 0.1) is 13.2 Å². The van der Waals surface area contributed by atoms with Gasteiger partial charge in [0, 0.05) is 18.7 Å². The third-order valence-corrected chi connectivity index (χ3v) is 4.35. The summed E-state index contributed by atoms with van der Waals surface area (Å²) in [4.78, 5) is 14.6. The molecular weight excluding hydrogens is 252 g/mol. The highest BCUT2D eigenvalue weighted by molar-refractivity contribution is 5.94. The number of fused-ring (bicyclic) bond motifs is 1. The fourth-order valence-electron chi connectivity index (χ4n) is 3.21. The molecule has 0 spiro atoms. The highest BCUT2D eigenvalue weighted by Gasteiger charge is 2.24. The van der Waals surface area contributed by atoms with Gasteiger partial charge in [0.1, 0.15) is 0 Å². The first-order valence-corrected chi connectivity index (χ1v) is 7.47. The first-order valence-electron chi connectivity index (χ1n) is 7.47. The van der Waals surface area contributed by atoms with Gasteiger partial charge in [-0.25, -0.2) is 0 Å². The van der Waals surface area contributed by atoms with Gasteiger partial charge in [-0.2, -0.15) is 0 Å². The Morgan fingerprint density at radius 1 is 1.35 bits per heavy atom. The van der Waals surface area contributed by atoms with Crippen LogP contribution in [-0.2, 0) is 18.0 Å². The lowest BCUT2D eigenvalue weighted by atomic mass is 9.94. The molecule has 1 atom stereocenters. The Bertz CT molecular complexity index is 499. The van der Waals surface area contributed by atoms with E-state index >= 15 is 0 Å². The number of likely N-dealkylation sites (tertiary alicyclic amines) is 1. The van der Waals surface area contributed by atoms with Crippen molar-refractivity contribution in [2.75, 3.05) is 19.6 Å². The molecule has 3 rings (SSSR count). The molecule has 20 heavy (non-hydrogen) atoms. The standard InChI is InChI=1S/C16H22N2O2/c17-6-5-12-2-1-7-18(9-12)16(19)13-3-4-14-10-20-11-15(14)8-13/h3-4,8,12H,1-2,5-7,9-11,17H2. The fourth-order valence-corrected chi connectivity index (χ4v) is 3.21. The third-order valence-electron chi connectivity index (χ3n) is 4.35. The highest BCUT2D eigenvalue weighted by Crippen LogP contribution is 2.24. The minimum Gasteiger partial charge on any atom is -0.372 e. The molecular formula is C16H22N2O2. The third kappa shape index (κ3) is 2.72. The van der Waals surface area contributed by atoms with Gasteiger partial charge >= 0.3 is 0 Å². The molecule has 0 bridgehead atoms. The molecule has 1 unspecified atom stereocenters. The molecule has 0 aliphatic carbocycles. The zero-order valence-corrected chi connectivity index (χ0v) is 11.8. The molecule has 2 heterocycles. The summed E-state index contributed by atoms with van der Waals surface area (Å²) in [5.74, 6) is 0.719. The smallest absolute Gasteiger partial charge is 0.253 e. The second-order valence-electron chi connectivity index (χ2n) is 5.81. The SMILES string of the molecule is NCCC1CCCN(C(=O)c2ccc3c(c2)COC3)C1. The lowest BCUT2D eigenvalue weighted by Gasteiger charge is -2.32. The van der Waals surface area contributed by atoms with Crippen LogP contribution in [0.25, 0.3) is 0 Å². The van der Waals surface area contributed by atoms with E-state index in [1.54, 1.807) is 0 Å². The second-order valence-corrected chi connectivity index (χ2v) is 5.81. The number of hydrogen-bond acceptors (Lipinski definition) is 3. The number of nitrogens with zero attached hydrogens (tertiary/aromatic N) is 1. The van der Waals surface area contributed by atoms with E-state index < -0.39 is 0 Å². The summed E-state index contributed by atoms with van der Waals surface area (Å²) in [6.45, 7) is 3.73. The van der Waals surface area contributed by atoms with E-state index in [4.69, 9.17) is 10.5 Å². The van der Waals surface area contributed by atoms with Crippen molar-refractivity contribution in [1.29, 1.82) is 0 Å². The van der Waals surface area contributed by atoms with Crippen LogP contribution in [-0.4, -0.2) is 30.4 Å².